The normalized spacial score (nSPS) is 24.9. The molecule has 2 aromatic rings. The second-order valence-electron chi connectivity index (χ2n) is 7.20. The molecule has 0 aromatic carbocycles. The van der Waals surface area contributed by atoms with Crippen LogP contribution in [0.3, 0.4) is 0 Å². The van der Waals surface area contributed by atoms with Gasteiger partial charge >= 0.3 is 0 Å². The molecule has 0 bridgehead atoms. The van der Waals surface area contributed by atoms with E-state index >= 15 is 0 Å². The van der Waals surface area contributed by atoms with Crippen molar-refractivity contribution in [3.8, 4) is 0 Å². The Morgan fingerprint density at radius 3 is 2.81 bits per heavy atom. The van der Waals surface area contributed by atoms with Crippen LogP contribution in [-0.4, -0.2) is 74.7 Å². The third-order valence-electron chi connectivity index (χ3n) is 5.53. The summed E-state index contributed by atoms with van der Waals surface area (Å²) in [6.07, 6.45) is 10.9. The number of rotatable bonds is 4. The lowest BCUT2D eigenvalue weighted by molar-refractivity contribution is -0.132. The number of carbonyl (C=O) groups excluding carboxylic acids is 1. The second kappa shape index (κ2) is 7.67. The number of amides is 1. The van der Waals surface area contributed by atoms with Gasteiger partial charge in [-0.15, -0.1) is 10.2 Å². The fourth-order valence-electron chi connectivity index (χ4n) is 4.07. The highest BCUT2D eigenvalue weighted by Gasteiger charge is 2.37. The lowest BCUT2D eigenvalue weighted by Crippen LogP contribution is -2.41. The minimum atomic E-state index is 0.0216. The number of hydrogen-bond donors (Lipinski definition) is 0. The summed E-state index contributed by atoms with van der Waals surface area (Å²) in [5.41, 5.74) is 0.724. The molecule has 0 unspecified atom stereocenters. The number of likely N-dealkylation sites (tertiary alicyclic amines) is 2. The molecule has 140 valence electrons. The van der Waals surface area contributed by atoms with Gasteiger partial charge in [0.25, 0.3) is 0 Å². The first-order valence-corrected chi connectivity index (χ1v) is 9.45. The third kappa shape index (κ3) is 3.43. The molecule has 1 amide bonds. The summed E-state index contributed by atoms with van der Waals surface area (Å²) in [5.74, 6) is 1.06. The summed E-state index contributed by atoms with van der Waals surface area (Å²) in [7, 11) is 1.73. The van der Waals surface area contributed by atoms with Crippen molar-refractivity contribution < 1.29 is 9.53 Å². The van der Waals surface area contributed by atoms with Crippen LogP contribution in [-0.2, 0) is 9.53 Å². The molecule has 0 aliphatic carbocycles. The van der Waals surface area contributed by atoms with Gasteiger partial charge in [-0.2, -0.15) is 0 Å². The zero-order chi connectivity index (χ0) is 17.9. The number of fused-ring (bicyclic) bond motifs is 1. The van der Waals surface area contributed by atoms with E-state index in [1.807, 2.05) is 15.5 Å². The predicted octanol–water partition coefficient (Wildman–Crippen LogP) is 1.29. The maximum Gasteiger partial charge on any atom is 0.236 e. The van der Waals surface area contributed by atoms with Crippen LogP contribution in [0.2, 0.25) is 0 Å². The van der Waals surface area contributed by atoms with Crippen LogP contribution in [0.4, 0.5) is 0 Å². The van der Waals surface area contributed by atoms with E-state index in [0.717, 1.165) is 50.4 Å². The molecule has 0 saturated carbocycles. The van der Waals surface area contributed by atoms with E-state index in [4.69, 9.17) is 4.74 Å². The van der Waals surface area contributed by atoms with Crippen LogP contribution < -0.4 is 0 Å². The van der Waals surface area contributed by atoms with Gasteiger partial charge in [0.1, 0.15) is 0 Å². The standard InChI is InChI=1S/C18H26N6O2/c1-26-14-10-15(18-21-20-16-11-19-6-9-24(16)18)23(12-14)13-17(25)22-7-4-2-3-5-8-22/h6,9,11,14-15H,2-5,7-8,10,12-13H2,1H3/t14-,15+/m1/s1. The molecule has 8 heteroatoms. The number of ether oxygens (including phenoxy) is 1. The molecule has 2 fully saturated rings. The van der Waals surface area contributed by atoms with E-state index in [9.17, 15) is 4.79 Å². The quantitative estimate of drug-likeness (QED) is 0.820. The van der Waals surface area contributed by atoms with Gasteiger partial charge in [0.05, 0.1) is 24.9 Å². The van der Waals surface area contributed by atoms with Gasteiger partial charge in [-0.25, -0.2) is 0 Å². The van der Waals surface area contributed by atoms with E-state index in [2.05, 4.69) is 20.1 Å². The Bertz CT molecular complexity index is 755. The Morgan fingerprint density at radius 2 is 2.04 bits per heavy atom. The Kier molecular flexibility index (Phi) is 5.12. The number of aromatic nitrogens is 4. The molecule has 2 aromatic heterocycles. The monoisotopic (exact) mass is 358 g/mol. The maximum atomic E-state index is 12.9. The molecular formula is C18H26N6O2. The Labute approximate surface area is 153 Å². The average Bonchev–Trinajstić information content (AvgIpc) is 3.15. The summed E-state index contributed by atoms with van der Waals surface area (Å²) >= 11 is 0. The highest BCUT2D eigenvalue weighted by molar-refractivity contribution is 5.78. The summed E-state index contributed by atoms with van der Waals surface area (Å²) in [5, 5.41) is 8.60. The van der Waals surface area contributed by atoms with Crippen molar-refractivity contribution >= 4 is 11.6 Å². The van der Waals surface area contributed by atoms with Crippen LogP contribution in [0.1, 0.15) is 44.0 Å². The fraction of sp³-hybridized carbons (Fsp3) is 0.667. The predicted molar refractivity (Wildman–Crippen MR) is 95.6 cm³/mol. The zero-order valence-electron chi connectivity index (χ0n) is 15.3. The van der Waals surface area contributed by atoms with E-state index < -0.39 is 0 Å². The van der Waals surface area contributed by atoms with Gasteiger partial charge in [0.15, 0.2) is 11.5 Å². The minimum absolute atomic E-state index is 0.0216. The molecule has 0 radical (unpaired) electrons. The molecule has 26 heavy (non-hydrogen) atoms. The molecular weight excluding hydrogens is 332 g/mol. The van der Waals surface area contributed by atoms with Gasteiger partial charge in [0, 0.05) is 39.1 Å². The van der Waals surface area contributed by atoms with Crippen LogP contribution in [0.25, 0.3) is 5.65 Å². The van der Waals surface area contributed by atoms with Crippen molar-refractivity contribution in [1.29, 1.82) is 0 Å². The summed E-state index contributed by atoms with van der Waals surface area (Å²) < 4.78 is 7.55. The van der Waals surface area contributed by atoms with Gasteiger partial charge in [0.2, 0.25) is 5.91 Å². The first-order valence-electron chi connectivity index (χ1n) is 9.45. The highest BCUT2D eigenvalue weighted by Crippen LogP contribution is 2.32. The zero-order valence-corrected chi connectivity index (χ0v) is 15.3. The smallest absolute Gasteiger partial charge is 0.236 e. The summed E-state index contributed by atoms with van der Waals surface area (Å²) in [6.45, 7) is 2.90. The van der Waals surface area contributed by atoms with Crippen molar-refractivity contribution in [2.45, 2.75) is 44.2 Å². The summed E-state index contributed by atoms with van der Waals surface area (Å²) in [4.78, 5) is 21.2. The van der Waals surface area contributed by atoms with Crippen molar-refractivity contribution in [1.82, 2.24) is 29.4 Å². The Balaban J connectivity index is 1.54. The SMILES string of the molecule is CO[C@@H]1C[C@@H](c2nnc3cnccn23)N(CC(=O)N2CCCCCC2)C1. The highest BCUT2D eigenvalue weighted by atomic mass is 16.5. The number of methoxy groups -OCH3 is 1. The van der Waals surface area contributed by atoms with Gasteiger partial charge in [-0.1, -0.05) is 12.8 Å². The molecule has 4 heterocycles. The van der Waals surface area contributed by atoms with Crippen LogP contribution in [0.5, 0.6) is 0 Å². The molecule has 0 N–H and O–H groups in total. The molecule has 2 aliphatic heterocycles. The van der Waals surface area contributed by atoms with Gasteiger partial charge in [-0.05, 0) is 19.3 Å². The Hall–Kier alpha value is -2.06. The average molecular weight is 358 g/mol. The largest absolute Gasteiger partial charge is 0.380 e. The van der Waals surface area contributed by atoms with E-state index in [-0.39, 0.29) is 18.1 Å². The van der Waals surface area contributed by atoms with Crippen LogP contribution in [0, 0.1) is 0 Å². The molecule has 8 nitrogen and oxygen atoms in total. The minimum Gasteiger partial charge on any atom is -0.380 e. The van der Waals surface area contributed by atoms with E-state index in [1.165, 1.54) is 12.8 Å². The van der Waals surface area contributed by atoms with Crippen molar-refractivity contribution in [3.05, 3.63) is 24.4 Å². The molecule has 2 aliphatic rings. The molecule has 2 atom stereocenters. The topological polar surface area (TPSA) is 75.9 Å². The second-order valence-corrected chi connectivity index (χ2v) is 7.20. The van der Waals surface area contributed by atoms with Crippen molar-refractivity contribution in [3.63, 3.8) is 0 Å². The fourth-order valence-corrected chi connectivity index (χ4v) is 4.07. The number of carbonyl (C=O) groups is 1. The summed E-state index contributed by atoms with van der Waals surface area (Å²) in [6, 6.07) is 0.0216. The number of hydrogen-bond acceptors (Lipinski definition) is 6. The first kappa shape index (κ1) is 17.4. The first-order chi connectivity index (χ1) is 12.8. The lowest BCUT2D eigenvalue weighted by Gasteiger charge is -2.27. The third-order valence-corrected chi connectivity index (χ3v) is 5.53. The van der Waals surface area contributed by atoms with Crippen molar-refractivity contribution in [2.75, 3.05) is 33.3 Å². The van der Waals surface area contributed by atoms with Crippen LogP contribution >= 0.6 is 0 Å². The van der Waals surface area contributed by atoms with Crippen molar-refractivity contribution in [2.24, 2.45) is 0 Å². The van der Waals surface area contributed by atoms with E-state index in [1.54, 1.807) is 19.5 Å². The molecule has 2 saturated heterocycles. The van der Waals surface area contributed by atoms with Gasteiger partial charge in [-0.3, -0.25) is 19.1 Å². The van der Waals surface area contributed by atoms with Gasteiger partial charge < -0.3 is 9.64 Å². The molecule has 4 rings (SSSR count). The lowest BCUT2D eigenvalue weighted by atomic mass is 10.2. The number of nitrogens with zero attached hydrogens (tertiary/aromatic N) is 6. The van der Waals surface area contributed by atoms with E-state index in [0.29, 0.717) is 6.54 Å². The molecule has 0 spiro atoms. The maximum absolute atomic E-state index is 12.9. The van der Waals surface area contributed by atoms with Crippen LogP contribution in [0.15, 0.2) is 18.6 Å². The Morgan fingerprint density at radius 1 is 1.23 bits per heavy atom.